The van der Waals surface area contributed by atoms with Gasteiger partial charge in [0.15, 0.2) is 0 Å². The van der Waals surface area contributed by atoms with Crippen molar-refractivity contribution >= 4 is 103 Å². The van der Waals surface area contributed by atoms with Crippen LogP contribution in [0.15, 0.2) is 113 Å². The number of carbonyl (C=O) groups is 10. The van der Waals surface area contributed by atoms with E-state index in [9.17, 15) is 62.1 Å². The van der Waals surface area contributed by atoms with E-state index in [4.69, 9.17) is 23.9 Å². The summed E-state index contributed by atoms with van der Waals surface area (Å²) in [4.78, 5) is 155. The number of carboxylic acid groups (broad SMARTS) is 3. The summed E-state index contributed by atoms with van der Waals surface area (Å²) < 4.78 is 53.3. The SMILES string of the molecule is CCCNC(=O)Nc1cccc(S(=O)(=O)Nc2cccc([C@H](CC(=O)O)NC(=O)Nc3ccc(NC(=O)NCCOCCOCCOCCC(=O)N[C@@H](CC(=O)O)C(=O)N4CCC[C@]4(C(=O)N[C@H](C(=O)O)C(C)C)[C@@]4(CC)C(=O)OCc5c4cc4n(c5=O)Cc5c-4nc4ccccc4c5CC)cc3)c2)c1. The van der Waals surface area contributed by atoms with Gasteiger partial charge in [-0.25, -0.2) is 32.6 Å². The van der Waals surface area contributed by atoms with E-state index in [1.807, 2.05) is 38.1 Å². The number of hydrogen-bond acceptors (Lipinski definition) is 18. The van der Waals surface area contributed by atoms with Crippen molar-refractivity contribution in [3.8, 4) is 11.4 Å². The summed E-state index contributed by atoms with van der Waals surface area (Å²) >= 11 is 0. The Morgan fingerprint density at radius 1 is 0.676 bits per heavy atom. The number of nitrogens with zero attached hydrogens (tertiary/aromatic N) is 3. The smallest absolute Gasteiger partial charge is 0.326 e. The molecule has 0 radical (unpaired) electrons. The van der Waals surface area contributed by atoms with Gasteiger partial charge >= 0.3 is 42.0 Å². The molecule has 105 heavy (non-hydrogen) atoms. The minimum Gasteiger partial charge on any atom is -0.481 e. The second-order valence-corrected chi connectivity index (χ2v) is 27.3. The first-order valence-electron chi connectivity index (χ1n) is 34.4. The van der Waals surface area contributed by atoms with Crippen molar-refractivity contribution in [2.24, 2.45) is 5.92 Å². The number of rotatable bonds is 35. The minimum absolute atomic E-state index is 0.0103. The van der Waals surface area contributed by atoms with Crippen LogP contribution < -0.4 is 52.8 Å². The normalized spacial score (nSPS) is 16.6. The van der Waals surface area contributed by atoms with E-state index >= 15 is 14.4 Å². The first-order valence-corrected chi connectivity index (χ1v) is 35.9. The lowest BCUT2D eigenvalue weighted by Gasteiger charge is -2.52. The van der Waals surface area contributed by atoms with Crippen molar-refractivity contribution in [3.63, 3.8) is 0 Å². The predicted octanol–water partition coefficient (Wildman–Crippen LogP) is 6.17. The standard InChI is InChI=1S/C72H86N12O20S/c1-6-26-73-68(96)77-46-15-12-17-48(36-46)105(99,100)82-47-16-11-14-43(35-47)55(38-59(86)87)80-70(98)76-45-22-20-44(21-23-45)75-69(97)74-27-30-102-32-34-103-33-31-101-29-24-58(85)78-56(39-60(88)89)64(91)84-28-13-25-72(84,66(94)81-61(42(4)5)65(92)93)71(8-3)53-37-57-62-51(40-83(57)63(90)52(53)41-104-67(71)95)49(7-2)50-18-9-10-19-54(50)79-62/h9-12,14-23,35-37,42,55-56,61,82H,6-8,13,24-34,38-41H2,1-5H3,(H,78,85)(H,81,94)(H,86,87)(H,88,89)(H,92,93)(H2,73,77,96)(H2,74,75,97)(H2,76,80,98)/t55-,56-,61-,71+,72-/m0/s1. The number of urea groups is 3. The van der Waals surface area contributed by atoms with Gasteiger partial charge in [0.2, 0.25) is 17.7 Å². The van der Waals surface area contributed by atoms with Gasteiger partial charge < -0.3 is 86.3 Å². The number of aryl methyl sites for hydroxylation is 1. The molecule has 0 aliphatic carbocycles. The number of hydrogen-bond donors (Lipinski definition) is 12. The Bertz CT molecular complexity index is 4460. The zero-order chi connectivity index (χ0) is 75.8. The van der Waals surface area contributed by atoms with E-state index < -0.39 is 130 Å². The Kier molecular flexibility index (Phi) is 26.0. The topological polar surface area (TPSA) is 449 Å². The van der Waals surface area contributed by atoms with Gasteiger partial charge in [0.1, 0.15) is 29.6 Å². The fourth-order valence-corrected chi connectivity index (χ4v) is 14.6. The third kappa shape index (κ3) is 18.1. The summed E-state index contributed by atoms with van der Waals surface area (Å²) in [5, 5.41) is 52.0. The monoisotopic (exact) mass is 1470 g/mol. The Labute approximate surface area is 604 Å². The van der Waals surface area contributed by atoms with E-state index in [0.717, 1.165) is 21.4 Å². The van der Waals surface area contributed by atoms with E-state index in [2.05, 4.69) is 47.3 Å². The molecular weight excluding hydrogens is 1380 g/mol. The number of aliphatic carboxylic acids is 3. The molecule has 32 nitrogen and oxygen atoms in total. The number of esters is 1. The molecule has 2 aromatic heterocycles. The number of fused-ring (bicyclic) bond motifs is 5. The van der Waals surface area contributed by atoms with E-state index in [0.29, 0.717) is 42.0 Å². The molecule has 0 saturated carbocycles. The molecular formula is C72H86N12O20S. The van der Waals surface area contributed by atoms with Gasteiger partial charge in [-0.15, -0.1) is 0 Å². The maximum absolute atomic E-state index is 15.5. The van der Waals surface area contributed by atoms with Crippen molar-refractivity contribution in [1.29, 1.82) is 0 Å². The Morgan fingerprint density at radius 3 is 1.97 bits per heavy atom. The van der Waals surface area contributed by atoms with Gasteiger partial charge in [0.05, 0.1) is 92.4 Å². The van der Waals surface area contributed by atoms with Crippen LogP contribution >= 0.6 is 0 Å². The Hall–Kier alpha value is -11.0. The maximum atomic E-state index is 15.5. The van der Waals surface area contributed by atoms with Crippen molar-refractivity contribution in [1.82, 2.24) is 41.0 Å². The van der Waals surface area contributed by atoms with E-state index in [1.165, 1.54) is 77.4 Å². The van der Waals surface area contributed by atoms with Crippen LogP contribution in [0.2, 0.25) is 0 Å². The van der Waals surface area contributed by atoms with Crippen LogP contribution in [0, 0.1) is 5.92 Å². The molecule has 0 unspecified atom stereocenters. The number of aromatic nitrogens is 2. The number of ether oxygens (including phenoxy) is 4. The molecule has 33 heteroatoms. The number of carboxylic acids is 3. The highest BCUT2D eigenvalue weighted by Crippen LogP contribution is 2.53. The molecule has 3 aliphatic heterocycles. The fraction of sp³-hybridized carbons (Fsp3) is 0.417. The van der Waals surface area contributed by atoms with Gasteiger partial charge in [-0.3, -0.25) is 38.3 Å². The van der Waals surface area contributed by atoms with Crippen LogP contribution in [-0.4, -0.2) is 175 Å². The summed E-state index contributed by atoms with van der Waals surface area (Å²) in [5.74, 6) is -8.74. The number of sulfonamides is 1. The van der Waals surface area contributed by atoms with Crippen molar-refractivity contribution in [2.75, 3.05) is 79.9 Å². The largest absolute Gasteiger partial charge is 0.481 e. The zero-order valence-electron chi connectivity index (χ0n) is 58.6. The highest BCUT2D eigenvalue weighted by atomic mass is 32.2. The molecule has 0 bridgehead atoms. The molecule has 4 aromatic carbocycles. The zero-order valence-corrected chi connectivity index (χ0v) is 59.4. The minimum atomic E-state index is -4.20. The highest BCUT2D eigenvalue weighted by molar-refractivity contribution is 7.92. The van der Waals surface area contributed by atoms with Crippen molar-refractivity contribution in [3.05, 3.63) is 141 Å². The molecule has 0 spiro atoms. The maximum Gasteiger partial charge on any atom is 0.326 e. The van der Waals surface area contributed by atoms with Crippen molar-refractivity contribution < 1.29 is 90.6 Å². The number of nitrogens with one attached hydrogen (secondary N) is 9. The molecule has 6 aromatic rings. The second-order valence-electron chi connectivity index (χ2n) is 25.6. The number of anilines is 4. The Balaban J connectivity index is 0.723. The number of benzene rings is 4. The Morgan fingerprint density at radius 2 is 1.31 bits per heavy atom. The first kappa shape index (κ1) is 78.1. The fourth-order valence-electron chi connectivity index (χ4n) is 13.5. The number of carbonyl (C=O) groups excluding carboxylic acids is 7. The van der Waals surface area contributed by atoms with E-state index in [-0.39, 0.29) is 124 Å². The van der Waals surface area contributed by atoms with Crippen LogP contribution in [0.1, 0.15) is 113 Å². The summed E-state index contributed by atoms with van der Waals surface area (Å²) in [6.45, 7) is 8.76. The summed E-state index contributed by atoms with van der Waals surface area (Å²) in [6, 6.07) is 20.3. The molecule has 12 N–H and O–H groups in total. The van der Waals surface area contributed by atoms with E-state index in [1.54, 1.807) is 26.8 Å². The number of likely N-dealkylation sites (tertiary alicyclic amines) is 1. The third-order valence-electron chi connectivity index (χ3n) is 18.4. The lowest BCUT2D eigenvalue weighted by molar-refractivity contribution is -0.171. The molecule has 560 valence electrons. The lowest BCUT2D eigenvalue weighted by Crippen LogP contribution is -2.74. The van der Waals surface area contributed by atoms with Crippen LogP contribution in [0.5, 0.6) is 0 Å². The van der Waals surface area contributed by atoms with Gasteiger partial charge in [0.25, 0.3) is 15.6 Å². The molecule has 9 amide bonds. The number of amides is 9. The first-order chi connectivity index (χ1) is 50.2. The molecule has 1 fully saturated rings. The molecule has 5 atom stereocenters. The van der Waals surface area contributed by atoms with Crippen LogP contribution in [0.3, 0.4) is 0 Å². The lowest BCUT2D eigenvalue weighted by atomic mass is 9.59. The van der Waals surface area contributed by atoms with Gasteiger partial charge in [-0.1, -0.05) is 71.0 Å². The quantitative estimate of drug-likeness (QED) is 0.0156. The molecule has 5 heterocycles. The summed E-state index contributed by atoms with van der Waals surface area (Å²) in [6.07, 6.45) is -1.05. The summed E-state index contributed by atoms with van der Waals surface area (Å²) in [7, 11) is -4.20. The van der Waals surface area contributed by atoms with Gasteiger partial charge in [0, 0.05) is 59.8 Å². The number of pyridine rings is 2. The average molecular weight is 1470 g/mol. The van der Waals surface area contributed by atoms with Crippen molar-refractivity contribution in [2.45, 2.75) is 133 Å². The second kappa shape index (κ2) is 35.0. The van der Waals surface area contributed by atoms with Crippen LogP contribution in [-0.2, 0) is 87.5 Å². The van der Waals surface area contributed by atoms with Crippen LogP contribution in [0.4, 0.5) is 37.1 Å². The third-order valence-corrected chi connectivity index (χ3v) is 19.8. The number of para-hydroxylation sites is 1. The van der Waals surface area contributed by atoms with Gasteiger partial charge in [-0.05, 0) is 121 Å². The highest BCUT2D eigenvalue weighted by Gasteiger charge is 2.70. The van der Waals surface area contributed by atoms with Gasteiger partial charge in [-0.2, -0.15) is 0 Å². The molecule has 9 rings (SSSR count). The molecule has 3 aliphatic rings. The number of cyclic esters (lactones) is 1. The van der Waals surface area contributed by atoms with Crippen LogP contribution in [0.25, 0.3) is 22.3 Å². The average Bonchev–Trinajstić information content (AvgIpc) is 1.66. The predicted molar refractivity (Wildman–Crippen MR) is 383 cm³/mol. The summed E-state index contributed by atoms with van der Waals surface area (Å²) in [5.41, 5.74) is -0.467. The molecule has 1 saturated heterocycles.